The number of para-hydroxylation sites is 1. The molecule has 1 heterocycles. The van der Waals surface area contributed by atoms with Crippen molar-refractivity contribution in [3.63, 3.8) is 0 Å². The molecular weight excluding hydrogens is 192 g/mol. The monoisotopic (exact) mass is 206 g/mol. The van der Waals surface area contributed by atoms with Crippen molar-refractivity contribution in [2.75, 3.05) is 5.88 Å². The first-order chi connectivity index (χ1) is 6.83. The number of thiol groups is 1. The second-order valence-corrected chi connectivity index (χ2v) is 3.68. The van der Waals surface area contributed by atoms with Crippen molar-refractivity contribution in [2.24, 2.45) is 7.05 Å². The van der Waals surface area contributed by atoms with Crippen molar-refractivity contribution in [2.45, 2.75) is 6.54 Å². The molecule has 0 aliphatic heterocycles. The van der Waals surface area contributed by atoms with Gasteiger partial charge in [0.25, 0.3) is 0 Å². The number of nitrogens with one attached hydrogen (secondary N) is 1. The number of nitrogens with zero attached hydrogens (tertiary/aromatic N) is 1. The van der Waals surface area contributed by atoms with Gasteiger partial charge in [-0.05, 0) is 11.6 Å². The summed E-state index contributed by atoms with van der Waals surface area (Å²) in [4.78, 5) is 0. The zero-order valence-corrected chi connectivity index (χ0v) is 9.09. The predicted molar refractivity (Wildman–Crippen MR) is 63.6 cm³/mol. The largest absolute Gasteiger partial charge is 0.350 e. The normalized spacial score (nSPS) is 11.0. The van der Waals surface area contributed by atoms with Crippen molar-refractivity contribution in [3.05, 3.63) is 36.0 Å². The van der Waals surface area contributed by atoms with Gasteiger partial charge in [0, 0.05) is 36.6 Å². The number of aryl methyl sites for hydroxylation is 1. The Balaban J connectivity index is 2.44. The Hall–Kier alpha value is -0.930. The average molecular weight is 206 g/mol. The van der Waals surface area contributed by atoms with Crippen LogP contribution in [0, 0.1) is 0 Å². The van der Waals surface area contributed by atoms with Gasteiger partial charge in [-0.25, -0.2) is 0 Å². The maximum Gasteiger partial charge on any atom is 0.0481 e. The van der Waals surface area contributed by atoms with E-state index in [1.165, 1.54) is 16.5 Å². The molecule has 0 aliphatic carbocycles. The van der Waals surface area contributed by atoms with Crippen LogP contribution in [0.5, 0.6) is 0 Å². The Kier molecular flexibility index (Phi) is 2.79. The molecule has 0 atom stereocenters. The lowest BCUT2D eigenvalue weighted by Gasteiger charge is -1.98. The zero-order chi connectivity index (χ0) is 9.97. The van der Waals surface area contributed by atoms with E-state index in [0.29, 0.717) is 5.88 Å². The third kappa shape index (κ3) is 1.65. The fourth-order valence-electron chi connectivity index (χ4n) is 1.76. The molecule has 0 saturated carbocycles. The summed E-state index contributed by atoms with van der Waals surface area (Å²) in [7, 11) is 2.08. The highest BCUT2D eigenvalue weighted by atomic mass is 32.1. The van der Waals surface area contributed by atoms with Gasteiger partial charge >= 0.3 is 0 Å². The fraction of sp³-hybridized carbons (Fsp3) is 0.273. The summed E-state index contributed by atoms with van der Waals surface area (Å²) >= 11 is 4.13. The van der Waals surface area contributed by atoms with Crippen LogP contribution in [0.3, 0.4) is 0 Å². The molecule has 1 aromatic heterocycles. The quantitative estimate of drug-likeness (QED) is 0.581. The highest BCUT2D eigenvalue weighted by Gasteiger charge is 2.03. The lowest BCUT2D eigenvalue weighted by atomic mass is 10.2. The molecule has 1 aromatic carbocycles. The second-order valence-electron chi connectivity index (χ2n) is 3.37. The van der Waals surface area contributed by atoms with Crippen LogP contribution in [0.15, 0.2) is 30.5 Å². The van der Waals surface area contributed by atoms with E-state index in [-0.39, 0.29) is 0 Å². The Morgan fingerprint density at radius 2 is 2.14 bits per heavy atom. The van der Waals surface area contributed by atoms with E-state index >= 15 is 0 Å². The summed E-state index contributed by atoms with van der Waals surface area (Å²) in [6.45, 7) is 0.880. The molecule has 2 rings (SSSR count). The van der Waals surface area contributed by atoms with E-state index in [1.807, 2.05) is 0 Å². The summed E-state index contributed by atoms with van der Waals surface area (Å²) in [5, 5.41) is 4.54. The van der Waals surface area contributed by atoms with Crippen molar-refractivity contribution >= 4 is 23.5 Å². The lowest BCUT2D eigenvalue weighted by molar-refractivity contribution is 0.797. The Morgan fingerprint density at radius 1 is 1.36 bits per heavy atom. The van der Waals surface area contributed by atoms with Gasteiger partial charge in [0.15, 0.2) is 0 Å². The van der Waals surface area contributed by atoms with E-state index in [0.717, 1.165) is 6.54 Å². The number of aromatic nitrogens is 1. The van der Waals surface area contributed by atoms with Crippen molar-refractivity contribution in [1.82, 2.24) is 9.88 Å². The molecule has 0 fully saturated rings. The first-order valence-electron chi connectivity index (χ1n) is 4.67. The van der Waals surface area contributed by atoms with Gasteiger partial charge in [-0.1, -0.05) is 18.2 Å². The molecule has 74 valence electrons. The highest BCUT2D eigenvalue weighted by molar-refractivity contribution is 7.80. The number of fused-ring (bicyclic) bond motifs is 1. The minimum Gasteiger partial charge on any atom is -0.350 e. The smallest absolute Gasteiger partial charge is 0.0481 e. The number of hydrogen-bond donors (Lipinski definition) is 2. The molecule has 0 amide bonds. The first kappa shape index (κ1) is 9.62. The van der Waals surface area contributed by atoms with Gasteiger partial charge < -0.3 is 9.88 Å². The van der Waals surface area contributed by atoms with Crippen LogP contribution >= 0.6 is 12.6 Å². The van der Waals surface area contributed by atoms with Gasteiger partial charge in [0.2, 0.25) is 0 Å². The van der Waals surface area contributed by atoms with Crippen LogP contribution in [0.25, 0.3) is 10.9 Å². The lowest BCUT2D eigenvalue weighted by Crippen LogP contribution is -2.09. The number of rotatable bonds is 3. The van der Waals surface area contributed by atoms with Gasteiger partial charge in [-0.15, -0.1) is 0 Å². The number of hydrogen-bond acceptors (Lipinski definition) is 2. The van der Waals surface area contributed by atoms with Crippen molar-refractivity contribution in [1.29, 1.82) is 0 Å². The molecule has 14 heavy (non-hydrogen) atoms. The zero-order valence-electron chi connectivity index (χ0n) is 8.20. The molecule has 0 saturated heterocycles. The third-order valence-corrected chi connectivity index (χ3v) is 2.63. The van der Waals surface area contributed by atoms with Crippen LogP contribution in [0.4, 0.5) is 0 Å². The molecule has 0 aliphatic rings. The third-order valence-electron chi connectivity index (χ3n) is 2.41. The second kappa shape index (κ2) is 4.07. The van der Waals surface area contributed by atoms with Gasteiger partial charge in [0.1, 0.15) is 0 Å². The number of benzene rings is 1. The van der Waals surface area contributed by atoms with E-state index in [1.54, 1.807) is 0 Å². The SMILES string of the molecule is Cn1cc(CNCS)c2ccccc21. The predicted octanol–water partition coefficient (Wildman–Crippen LogP) is 2.16. The van der Waals surface area contributed by atoms with E-state index in [4.69, 9.17) is 0 Å². The van der Waals surface area contributed by atoms with E-state index in [2.05, 4.69) is 60.0 Å². The molecule has 0 radical (unpaired) electrons. The minimum atomic E-state index is 0.712. The Bertz CT molecular complexity index is 434. The molecule has 3 heteroatoms. The maximum atomic E-state index is 4.13. The standard InChI is InChI=1S/C11H14N2S/c1-13-7-9(6-12-8-14)10-4-2-3-5-11(10)13/h2-5,7,12,14H,6,8H2,1H3. The summed E-state index contributed by atoms with van der Waals surface area (Å²) in [6.07, 6.45) is 2.17. The minimum absolute atomic E-state index is 0.712. The molecule has 1 N–H and O–H groups in total. The topological polar surface area (TPSA) is 17.0 Å². The Labute approximate surface area is 89.3 Å². The maximum absolute atomic E-state index is 4.13. The first-order valence-corrected chi connectivity index (χ1v) is 5.30. The van der Waals surface area contributed by atoms with Crippen LogP contribution in [-0.2, 0) is 13.6 Å². The molecule has 0 unspecified atom stereocenters. The molecule has 0 bridgehead atoms. The summed E-state index contributed by atoms with van der Waals surface area (Å²) in [6, 6.07) is 8.44. The molecule has 2 nitrogen and oxygen atoms in total. The molecule has 0 spiro atoms. The fourth-order valence-corrected chi connectivity index (χ4v) is 1.87. The van der Waals surface area contributed by atoms with Gasteiger partial charge in [-0.2, -0.15) is 12.6 Å². The summed E-state index contributed by atoms with van der Waals surface area (Å²) < 4.78 is 2.16. The molecular formula is C11H14N2S. The van der Waals surface area contributed by atoms with Crippen molar-refractivity contribution in [3.8, 4) is 0 Å². The van der Waals surface area contributed by atoms with Crippen LogP contribution in [0.2, 0.25) is 0 Å². The molecule has 2 aromatic rings. The van der Waals surface area contributed by atoms with E-state index < -0.39 is 0 Å². The van der Waals surface area contributed by atoms with Crippen LogP contribution in [0.1, 0.15) is 5.56 Å². The van der Waals surface area contributed by atoms with Crippen molar-refractivity contribution < 1.29 is 0 Å². The van der Waals surface area contributed by atoms with E-state index in [9.17, 15) is 0 Å². The van der Waals surface area contributed by atoms with Crippen LogP contribution < -0.4 is 5.32 Å². The Morgan fingerprint density at radius 3 is 2.93 bits per heavy atom. The van der Waals surface area contributed by atoms with Gasteiger partial charge in [-0.3, -0.25) is 0 Å². The summed E-state index contributed by atoms with van der Waals surface area (Å²) in [5.74, 6) is 0.712. The summed E-state index contributed by atoms with van der Waals surface area (Å²) in [5.41, 5.74) is 2.61. The van der Waals surface area contributed by atoms with Crippen LogP contribution in [-0.4, -0.2) is 10.4 Å². The van der Waals surface area contributed by atoms with Gasteiger partial charge in [0.05, 0.1) is 0 Å². The highest BCUT2D eigenvalue weighted by Crippen LogP contribution is 2.19. The average Bonchev–Trinajstić information content (AvgIpc) is 2.54.